The third kappa shape index (κ3) is 3.05. The molecule has 3 aromatic rings. The van der Waals surface area contributed by atoms with Crippen molar-refractivity contribution >= 4 is 21.1 Å². The van der Waals surface area contributed by atoms with Gasteiger partial charge in [-0.05, 0) is 24.8 Å². The van der Waals surface area contributed by atoms with Gasteiger partial charge in [-0.3, -0.25) is 0 Å². The molecule has 4 rings (SSSR count). The van der Waals surface area contributed by atoms with Gasteiger partial charge in [0.15, 0.2) is 0 Å². The summed E-state index contributed by atoms with van der Waals surface area (Å²) in [5.41, 5.74) is 1.06. The van der Waals surface area contributed by atoms with Gasteiger partial charge >= 0.3 is 0 Å². The van der Waals surface area contributed by atoms with E-state index in [9.17, 15) is 8.42 Å². The second-order valence-electron chi connectivity index (χ2n) is 6.26. The number of sulfonamides is 1. The summed E-state index contributed by atoms with van der Waals surface area (Å²) < 4.78 is 35.1. The lowest BCUT2D eigenvalue weighted by Crippen LogP contribution is -2.33. The van der Waals surface area contributed by atoms with Crippen LogP contribution in [0, 0.1) is 5.92 Å². The Balaban J connectivity index is 1.50. The molecule has 0 bridgehead atoms. The van der Waals surface area contributed by atoms with Crippen LogP contribution < -0.4 is 4.72 Å². The average molecular weight is 361 g/mol. The van der Waals surface area contributed by atoms with Crippen molar-refractivity contribution in [3.8, 4) is 0 Å². The van der Waals surface area contributed by atoms with Crippen LogP contribution >= 0.6 is 0 Å². The average Bonchev–Trinajstić information content (AvgIpc) is 3.25. The van der Waals surface area contributed by atoms with Gasteiger partial charge in [-0.25, -0.2) is 23.1 Å². The molecule has 1 N–H and O–H groups in total. The summed E-state index contributed by atoms with van der Waals surface area (Å²) in [4.78, 5) is 8.50. The third-order valence-electron chi connectivity index (χ3n) is 4.62. The van der Waals surface area contributed by atoms with E-state index in [1.165, 1.54) is 6.20 Å². The van der Waals surface area contributed by atoms with E-state index in [-0.39, 0.29) is 10.8 Å². The maximum Gasteiger partial charge on any atom is 0.258 e. The fraction of sp³-hybridized carbons (Fsp3) is 0.438. The Labute approximate surface area is 145 Å². The summed E-state index contributed by atoms with van der Waals surface area (Å²) in [6.07, 6.45) is 7.47. The molecule has 0 aliphatic carbocycles. The summed E-state index contributed by atoms with van der Waals surface area (Å²) in [7, 11) is -3.62. The molecule has 1 atom stereocenters. The van der Waals surface area contributed by atoms with Gasteiger partial charge in [0.25, 0.3) is 5.71 Å². The molecule has 1 aliphatic rings. The second-order valence-corrected chi connectivity index (χ2v) is 8.03. The van der Waals surface area contributed by atoms with E-state index in [4.69, 9.17) is 4.52 Å². The number of pyridine rings is 1. The fourth-order valence-corrected chi connectivity index (χ4v) is 4.26. The minimum absolute atomic E-state index is 0.136. The SMILES string of the molecule is CCc1noc2ncc(S(=O)(=O)NC[C@@H]3CCc4nccn4C3)cc12. The lowest BCUT2D eigenvalue weighted by atomic mass is 10.00. The number of hydrogen-bond acceptors (Lipinski definition) is 6. The lowest BCUT2D eigenvalue weighted by Gasteiger charge is -2.23. The second kappa shape index (κ2) is 6.23. The smallest absolute Gasteiger partial charge is 0.258 e. The van der Waals surface area contributed by atoms with Crippen LogP contribution in [-0.4, -0.2) is 34.7 Å². The zero-order chi connectivity index (χ0) is 17.4. The predicted molar refractivity (Wildman–Crippen MR) is 90.4 cm³/mol. The minimum Gasteiger partial charge on any atom is -0.336 e. The molecule has 3 aromatic heterocycles. The molecule has 0 saturated carbocycles. The Morgan fingerprint density at radius 2 is 2.28 bits per heavy atom. The van der Waals surface area contributed by atoms with Crippen molar-refractivity contribution in [2.24, 2.45) is 5.92 Å². The highest BCUT2D eigenvalue weighted by Gasteiger charge is 2.23. The van der Waals surface area contributed by atoms with Crippen LogP contribution in [0.1, 0.15) is 24.9 Å². The Bertz CT molecular complexity index is 1010. The zero-order valence-electron chi connectivity index (χ0n) is 13.8. The van der Waals surface area contributed by atoms with E-state index in [2.05, 4.69) is 24.4 Å². The Morgan fingerprint density at radius 1 is 1.40 bits per heavy atom. The number of rotatable bonds is 5. The monoisotopic (exact) mass is 361 g/mol. The number of imidazole rings is 1. The van der Waals surface area contributed by atoms with Gasteiger partial charge in [0.05, 0.1) is 17.3 Å². The summed E-state index contributed by atoms with van der Waals surface area (Å²) in [5.74, 6) is 1.31. The van der Waals surface area contributed by atoms with Crippen molar-refractivity contribution in [3.05, 3.63) is 36.2 Å². The van der Waals surface area contributed by atoms with E-state index in [1.807, 2.05) is 13.1 Å². The van der Waals surface area contributed by atoms with Gasteiger partial charge in [-0.2, -0.15) is 0 Å². The Morgan fingerprint density at radius 3 is 3.12 bits per heavy atom. The molecule has 0 unspecified atom stereocenters. The Hall–Kier alpha value is -2.26. The van der Waals surface area contributed by atoms with Gasteiger partial charge in [-0.15, -0.1) is 0 Å². The molecular weight excluding hydrogens is 342 g/mol. The molecule has 8 nitrogen and oxygen atoms in total. The van der Waals surface area contributed by atoms with Gasteiger partial charge < -0.3 is 9.09 Å². The summed E-state index contributed by atoms with van der Waals surface area (Å²) >= 11 is 0. The molecule has 0 amide bonds. The lowest BCUT2D eigenvalue weighted by molar-refractivity contribution is 0.363. The molecule has 0 aromatic carbocycles. The van der Waals surface area contributed by atoms with E-state index in [0.29, 0.717) is 29.8 Å². The molecule has 1 aliphatic heterocycles. The highest BCUT2D eigenvalue weighted by Crippen LogP contribution is 2.22. The summed E-state index contributed by atoms with van der Waals surface area (Å²) in [6, 6.07) is 1.58. The first-order valence-electron chi connectivity index (χ1n) is 8.31. The Kier molecular flexibility index (Phi) is 4.04. The van der Waals surface area contributed by atoms with Crippen LogP contribution in [0.5, 0.6) is 0 Å². The van der Waals surface area contributed by atoms with Crippen LogP contribution in [-0.2, 0) is 29.4 Å². The summed E-state index contributed by atoms with van der Waals surface area (Å²) in [5, 5.41) is 4.56. The molecule has 132 valence electrons. The first-order chi connectivity index (χ1) is 12.1. The summed E-state index contributed by atoms with van der Waals surface area (Å²) in [6.45, 7) is 3.10. The maximum atomic E-state index is 12.6. The van der Waals surface area contributed by atoms with E-state index >= 15 is 0 Å². The molecule has 0 saturated heterocycles. The molecule has 0 radical (unpaired) electrons. The largest absolute Gasteiger partial charge is 0.336 e. The van der Waals surface area contributed by atoms with E-state index < -0.39 is 10.0 Å². The van der Waals surface area contributed by atoms with Crippen LogP contribution in [0.4, 0.5) is 0 Å². The normalized spacial score (nSPS) is 17.7. The molecule has 25 heavy (non-hydrogen) atoms. The fourth-order valence-electron chi connectivity index (χ4n) is 3.18. The number of aryl methyl sites for hydroxylation is 2. The van der Waals surface area contributed by atoms with Crippen molar-refractivity contribution in [3.63, 3.8) is 0 Å². The van der Waals surface area contributed by atoms with Gasteiger partial charge in [-0.1, -0.05) is 12.1 Å². The molecular formula is C16H19N5O3S. The molecule has 0 spiro atoms. The van der Waals surface area contributed by atoms with Crippen molar-refractivity contribution in [2.45, 2.75) is 37.6 Å². The van der Waals surface area contributed by atoms with E-state index in [0.717, 1.165) is 25.2 Å². The van der Waals surface area contributed by atoms with Gasteiger partial charge in [0.1, 0.15) is 10.7 Å². The highest BCUT2D eigenvalue weighted by molar-refractivity contribution is 7.89. The third-order valence-corrected chi connectivity index (χ3v) is 6.01. The predicted octanol–water partition coefficient (Wildman–Crippen LogP) is 1.52. The van der Waals surface area contributed by atoms with Crippen molar-refractivity contribution in [1.82, 2.24) is 24.4 Å². The van der Waals surface area contributed by atoms with Crippen molar-refractivity contribution in [1.29, 1.82) is 0 Å². The first-order valence-corrected chi connectivity index (χ1v) is 9.79. The van der Waals surface area contributed by atoms with Gasteiger partial charge in [0.2, 0.25) is 10.0 Å². The molecule has 9 heteroatoms. The standard InChI is InChI=1S/C16H19N5O3S/c1-2-14-13-7-12(9-18-16(13)24-20-14)25(22,23)19-8-11-3-4-15-17-5-6-21(15)10-11/h5-7,9,11,19H,2-4,8,10H2,1H3/t11-/m0/s1. The number of fused-ring (bicyclic) bond motifs is 2. The maximum absolute atomic E-state index is 12.6. The zero-order valence-corrected chi connectivity index (χ0v) is 14.7. The minimum atomic E-state index is -3.62. The highest BCUT2D eigenvalue weighted by atomic mass is 32.2. The van der Waals surface area contributed by atoms with Crippen LogP contribution in [0.3, 0.4) is 0 Å². The number of nitrogens with zero attached hydrogens (tertiary/aromatic N) is 4. The van der Waals surface area contributed by atoms with Crippen molar-refractivity contribution < 1.29 is 12.9 Å². The molecule has 0 fully saturated rings. The number of hydrogen-bond donors (Lipinski definition) is 1. The molecule has 4 heterocycles. The van der Waals surface area contributed by atoms with Crippen LogP contribution in [0.2, 0.25) is 0 Å². The first kappa shape index (κ1) is 16.2. The topological polar surface area (TPSA) is 103 Å². The van der Waals surface area contributed by atoms with Crippen molar-refractivity contribution in [2.75, 3.05) is 6.54 Å². The quantitative estimate of drug-likeness (QED) is 0.739. The van der Waals surface area contributed by atoms with Gasteiger partial charge in [0, 0.05) is 31.9 Å². The number of nitrogens with one attached hydrogen (secondary N) is 1. The van der Waals surface area contributed by atoms with Crippen LogP contribution in [0.15, 0.2) is 34.1 Å². The van der Waals surface area contributed by atoms with Crippen LogP contribution in [0.25, 0.3) is 11.1 Å². The number of aromatic nitrogens is 4. The van der Waals surface area contributed by atoms with E-state index in [1.54, 1.807) is 12.3 Å².